The van der Waals surface area contributed by atoms with E-state index in [9.17, 15) is 9.18 Å². The Bertz CT molecular complexity index is 1210. The van der Waals surface area contributed by atoms with Crippen molar-refractivity contribution in [3.63, 3.8) is 0 Å². The number of benzene rings is 2. The van der Waals surface area contributed by atoms with Gasteiger partial charge in [0.25, 0.3) is 0 Å². The topological polar surface area (TPSA) is 69.2 Å². The number of carbonyl (C=O) groups excluding carboxylic acids is 1. The summed E-state index contributed by atoms with van der Waals surface area (Å²) in [5, 5.41) is 10.1. The average molecular weight is 483 g/mol. The lowest BCUT2D eigenvalue weighted by Crippen LogP contribution is -2.46. The number of piperazine rings is 1. The maximum Gasteiger partial charge on any atom is 0.240 e. The Hall–Kier alpha value is -3.04. The molecule has 34 heavy (non-hydrogen) atoms. The lowest BCUT2D eigenvalue weighted by molar-refractivity contribution is -0.122. The van der Waals surface area contributed by atoms with Gasteiger partial charge in [-0.15, -0.1) is 0 Å². The molecular weight excluding hydrogens is 451 g/mol. The predicted octanol–water partition coefficient (Wildman–Crippen LogP) is 4.07. The molecule has 2 aromatic carbocycles. The van der Waals surface area contributed by atoms with Crippen molar-refractivity contribution in [1.29, 1.82) is 0 Å². The molecule has 1 aromatic heterocycles. The van der Waals surface area contributed by atoms with Gasteiger partial charge < -0.3 is 15.1 Å². The number of hydrogen-bond acceptors (Lipinski definition) is 5. The van der Waals surface area contributed by atoms with Crippen LogP contribution in [0.2, 0.25) is 0 Å². The van der Waals surface area contributed by atoms with Crippen molar-refractivity contribution >= 4 is 23.8 Å². The molecule has 1 amide bonds. The second-order valence-electron chi connectivity index (χ2n) is 8.72. The van der Waals surface area contributed by atoms with E-state index in [0.717, 1.165) is 55.1 Å². The fourth-order valence-electron chi connectivity index (χ4n) is 4.44. The second kappa shape index (κ2) is 10.5. The van der Waals surface area contributed by atoms with Crippen molar-refractivity contribution in [3.8, 4) is 11.4 Å². The zero-order valence-corrected chi connectivity index (χ0v) is 20.7. The molecular formula is C25H31FN6OS. The minimum Gasteiger partial charge on any atom is -0.369 e. The molecule has 4 rings (SSSR count). The molecule has 0 aliphatic carbocycles. The van der Waals surface area contributed by atoms with Gasteiger partial charge in [-0.1, -0.05) is 30.7 Å². The third-order valence-corrected chi connectivity index (χ3v) is 6.64. The van der Waals surface area contributed by atoms with Crippen LogP contribution in [0.15, 0.2) is 42.5 Å². The Balaban J connectivity index is 1.51. The lowest BCUT2D eigenvalue weighted by Gasteiger charge is -2.37. The van der Waals surface area contributed by atoms with E-state index >= 15 is 0 Å². The number of nitrogens with one attached hydrogen (secondary N) is 2. The third-order valence-electron chi connectivity index (χ3n) is 6.33. The number of nitrogens with zero attached hydrogens (tertiary/aromatic N) is 4. The van der Waals surface area contributed by atoms with Gasteiger partial charge >= 0.3 is 0 Å². The largest absolute Gasteiger partial charge is 0.369 e. The first kappa shape index (κ1) is 24.1. The van der Waals surface area contributed by atoms with Crippen LogP contribution in [0.1, 0.15) is 31.0 Å². The van der Waals surface area contributed by atoms with Crippen LogP contribution >= 0.6 is 12.2 Å². The zero-order chi connectivity index (χ0) is 24.2. The molecule has 2 heterocycles. The van der Waals surface area contributed by atoms with Crippen LogP contribution < -0.4 is 10.2 Å². The number of H-pyrrole nitrogens is 1. The molecule has 0 spiro atoms. The highest BCUT2D eigenvalue weighted by atomic mass is 32.1. The van der Waals surface area contributed by atoms with Crippen molar-refractivity contribution in [3.05, 3.63) is 64.2 Å². The van der Waals surface area contributed by atoms with Crippen LogP contribution in [0.5, 0.6) is 0 Å². The summed E-state index contributed by atoms with van der Waals surface area (Å²) < 4.78 is 16.2. The summed E-state index contributed by atoms with van der Waals surface area (Å²) in [4.78, 5) is 17.7. The van der Waals surface area contributed by atoms with Crippen molar-refractivity contribution in [2.45, 2.75) is 33.4 Å². The molecule has 2 N–H and O–H groups in total. The van der Waals surface area contributed by atoms with Gasteiger partial charge in [0.15, 0.2) is 10.6 Å². The summed E-state index contributed by atoms with van der Waals surface area (Å²) in [7, 11) is 0. The van der Waals surface area contributed by atoms with Crippen molar-refractivity contribution < 1.29 is 9.18 Å². The monoisotopic (exact) mass is 482 g/mol. The van der Waals surface area contributed by atoms with E-state index in [4.69, 9.17) is 12.2 Å². The number of aromatic nitrogens is 3. The molecule has 180 valence electrons. The SMILES string of the molecule is CCN1CCN(c2ccc(F)cc2C(C)NC(=O)Cn2c(-c3cccc(C)c3)n[nH]c2=S)CC1. The summed E-state index contributed by atoms with van der Waals surface area (Å²) in [6, 6.07) is 12.3. The number of amides is 1. The van der Waals surface area contributed by atoms with E-state index in [1.54, 1.807) is 4.57 Å². The Morgan fingerprint density at radius 1 is 1.21 bits per heavy atom. The van der Waals surface area contributed by atoms with Crippen LogP contribution in [0.25, 0.3) is 11.4 Å². The Labute approximate surface area is 204 Å². The Kier molecular flexibility index (Phi) is 7.43. The van der Waals surface area contributed by atoms with Crippen molar-refractivity contribution in [2.24, 2.45) is 0 Å². The molecule has 1 atom stereocenters. The average Bonchev–Trinajstić information content (AvgIpc) is 3.19. The van der Waals surface area contributed by atoms with Gasteiger partial charge in [-0.2, -0.15) is 5.10 Å². The number of rotatable bonds is 7. The Morgan fingerprint density at radius 3 is 2.68 bits per heavy atom. The van der Waals surface area contributed by atoms with Gasteiger partial charge in [-0.25, -0.2) is 4.39 Å². The van der Waals surface area contributed by atoms with Gasteiger partial charge in [0.05, 0.1) is 6.04 Å². The zero-order valence-electron chi connectivity index (χ0n) is 19.8. The summed E-state index contributed by atoms with van der Waals surface area (Å²) in [5.41, 5.74) is 3.71. The number of aryl methyl sites for hydroxylation is 1. The fraction of sp³-hybridized carbons (Fsp3) is 0.400. The molecule has 9 heteroatoms. The van der Waals surface area contributed by atoms with Crippen molar-refractivity contribution in [1.82, 2.24) is 25.0 Å². The molecule has 3 aromatic rings. The van der Waals surface area contributed by atoms with E-state index in [1.165, 1.54) is 12.1 Å². The van der Waals surface area contributed by atoms with Gasteiger partial charge in [-0.3, -0.25) is 14.5 Å². The molecule has 1 saturated heterocycles. The van der Waals surface area contributed by atoms with Crippen LogP contribution in [-0.4, -0.2) is 58.3 Å². The third kappa shape index (κ3) is 5.37. The summed E-state index contributed by atoms with van der Waals surface area (Å²) in [6.07, 6.45) is 0. The molecule has 1 unspecified atom stereocenters. The number of carbonyl (C=O) groups is 1. The fourth-order valence-corrected chi connectivity index (χ4v) is 4.64. The normalized spacial score (nSPS) is 15.4. The highest BCUT2D eigenvalue weighted by Gasteiger charge is 2.22. The highest BCUT2D eigenvalue weighted by molar-refractivity contribution is 7.71. The second-order valence-corrected chi connectivity index (χ2v) is 9.11. The van der Waals surface area contributed by atoms with Crippen LogP contribution in [0, 0.1) is 17.5 Å². The summed E-state index contributed by atoms with van der Waals surface area (Å²) in [5.74, 6) is 0.0764. The summed E-state index contributed by atoms with van der Waals surface area (Å²) in [6.45, 7) is 10.8. The number of hydrogen-bond donors (Lipinski definition) is 2. The molecule has 0 radical (unpaired) electrons. The Morgan fingerprint density at radius 2 is 1.97 bits per heavy atom. The number of halogens is 1. The molecule has 1 fully saturated rings. The standard InChI is InChI=1S/C25H31FN6OS/c1-4-30-10-12-31(13-11-30)22-9-8-20(26)15-21(22)18(3)27-23(33)16-32-24(28-29-25(32)34)19-7-5-6-17(2)14-19/h5-9,14-15,18H,4,10-13,16H2,1-3H3,(H,27,33)(H,29,34). The van der Waals surface area contributed by atoms with E-state index in [0.29, 0.717) is 10.6 Å². The van der Waals surface area contributed by atoms with Crippen LogP contribution in [0.4, 0.5) is 10.1 Å². The maximum atomic E-state index is 14.2. The number of likely N-dealkylation sites (N-methyl/N-ethyl adjacent to an activating group) is 1. The molecule has 0 saturated carbocycles. The smallest absolute Gasteiger partial charge is 0.240 e. The number of aromatic amines is 1. The maximum absolute atomic E-state index is 14.2. The van der Waals surface area contributed by atoms with Crippen LogP contribution in [-0.2, 0) is 11.3 Å². The van der Waals surface area contributed by atoms with Gasteiger partial charge in [0.2, 0.25) is 5.91 Å². The lowest BCUT2D eigenvalue weighted by atomic mass is 10.0. The van der Waals surface area contributed by atoms with Gasteiger partial charge in [0, 0.05) is 43.0 Å². The van der Waals surface area contributed by atoms with E-state index in [-0.39, 0.29) is 24.3 Å². The van der Waals surface area contributed by atoms with Gasteiger partial charge in [0.1, 0.15) is 12.4 Å². The van der Waals surface area contributed by atoms with Gasteiger partial charge in [-0.05, 0) is 56.9 Å². The molecule has 1 aliphatic rings. The van der Waals surface area contributed by atoms with E-state index in [2.05, 4.69) is 32.2 Å². The van der Waals surface area contributed by atoms with E-state index < -0.39 is 0 Å². The minimum atomic E-state index is -0.370. The first-order valence-corrected chi connectivity index (χ1v) is 12.0. The number of anilines is 1. The predicted molar refractivity (Wildman–Crippen MR) is 135 cm³/mol. The summed E-state index contributed by atoms with van der Waals surface area (Å²) >= 11 is 5.38. The highest BCUT2D eigenvalue weighted by Crippen LogP contribution is 2.28. The molecule has 0 bridgehead atoms. The first-order chi connectivity index (χ1) is 16.4. The minimum absolute atomic E-state index is 0.0166. The van der Waals surface area contributed by atoms with Crippen molar-refractivity contribution in [2.75, 3.05) is 37.6 Å². The van der Waals surface area contributed by atoms with E-state index in [1.807, 2.05) is 44.2 Å². The molecule has 1 aliphatic heterocycles. The first-order valence-electron chi connectivity index (χ1n) is 11.6. The quantitative estimate of drug-likeness (QED) is 0.497. The molecule has 7 nitrogen and oxygen atoms in total. The van der Waals surface area contributed by atoms with Crippen LogP contribution in [0.3, 0.4) is 0 Å².